The van der Waals surface area contributed by atoms with Crippen LogP contribution in [0.2, 0.25) is 0 Å². The van der Waals surface area contributed by atoms with Gasteiger partial charge < -0.3 is 20.6 Å². The fourth-order valence-electron chi connectivity index (χ4n) is 4.59. The van der Waals surface area contributed by atoms with Gasteiger partial charge in [-0.1, -0.05) is 31.4 Å². The van der Waals surface area contributed by atoms with Crippen LogP contribution < -0.4 is 10.6 Å². The summed E-state index contributed by atoms with van der Waals surface area (Å²) >= 11 is 0. The van der Waals surface area contributed by atoms with Crippen LogP contribution in [0.3, 0.4) is 0 Å². The van der Waals surface area contributed by atoms with Crippen molar-refractivity contribution in [3.63, 3.8) is 0 Å². The lowest BCUT2D eigenvalue weighted by atomic mass is 9.83. The van der Waals surface area contributed by atoms with Gasteiger partial charge in [-0.25, -0.2) is 4.79 Å². The van der Waals surface area contributed by atoms with E-state index >= 15 is 0 Å². The molecule has 2 aromatic rings. The van der Waals surface area contributed by atoms with Gasteiger partial charge in [-0.05, 0) is 63.1 Å². The number of nitrogens with zero attached hydrogens (tertiary/aromatic N) is 2. The SMILES string of the molecule is Cc1n[nH]c(C)c1-c1ccc(NC(=O)C(NC(=O)N(C)CCCCO)C2CCCCC2)cc1. The van der Waals surface area contributed by atoms with Crippen LogP contribution in [0.5, 0.6) is 0 Å². The number of aromatic nitrogens is 2. The van der Waals surface area contributed by atoms with Gasteiger partial charge >= 0.3 is 6.03 Å². The van der Waals surface area contributed by atoms with Crippen LogP contribution >= 0.6 is 0 Å². The van der Waals surface area contributed by atoms with Crippen LogP contribution in [0.4, 0.5) is 10.5 Å². The average molecular weight is 456 g/mol. The van der Waals surface area contributed by atoms with Gasteiger partial charge in [-0.3, -0.25) is 9.89 Å². The molecule has 1 aliphatic carbocycles. The molecule has 0 bridgehead atoms. The zero-order valence-corrected chi connectivity index (χ0v) is 20.0. The number of hydrogen-bond acceptors (Lipinski definition) is 4. The van der Waals surface area contributed by atoms with Crippen LogP contribution in [0.25, 0.3) is 11.1 Å². The first-order chi connectivity index (χ1) is 15.9. The molecular weight excluding hydrogens is 418 g/mol. The molecule has 1 heterocycles. The number of aliphatic hydroxyl groups excluding tert-OH is 1. The number of benzene rings is 1. The van der Waals surface area contributed by atoms with Gasteiger partial charge in [0.1, 0.15) is 6.04 Å². The zero-order chi connectivity index (χ0) is 23.8. The molecule has 4 N–H and O–H groups in total. The lowest BCUT2D eigenvalue weighted by Gasteiger charge is -2.31. The Labute approximate surface area is 196 Å². The second-order valence-electron chi connectivity index (χ2n) is 9.05. The van der Waals surface area contributed by atoms with E-state index in [-0.39, 0.29) is 24.5 Å². The molecule has 1 unspecified atom stereocenters. The normalized spacial score (nSPS) is 15.2. The summed E-state index contributed by atoms with van der Waals surface area (Å²) in [4.78, 5) is 27.6. The molecule has 1 aromatic heterocycles. The number of carbonyl (C=O) groups is 2. The van der Waals surface area contributed by atoms with Crippen molar-refractivity contribution in [2.45, 2.75) is 64.8 Å². The number of H-pyrrole nitrogens is 1. The van der Waals surface area contributed by atoms with Gasteiger partial charge in [0.05, 0.1) is 5.69 Å². The average Bonchev–Trinajstić information content (AvgIpc) is 3.16. The quantitative estimate of drug-likeness (QED) is 0.428. The van der Waals surface area contributed by atoms with E-state index in [0.717, 1.165) is 54.6 Å². The summed E-state index contributed by atoms with van der Waals surface area (Å²) in [6, 6.07) is 6.91. The number of urea groups is 1. The van der Waals surface area contributed by atoms with E-state index in [1.807, 2.05) is 38.1 Å². The summed E-state index contributed by atoms with van der Waals surface area (Å²) in [5.74, 6) is -0.0496. The zero-order valence-electron chi connectivity index (χ0n) is 20.0. The highest BCUT2D eigenvalue weighted by atomic mass is 16.3. The van der Waals surface area contributed by atoms with Crippen molar-refractivity contribution in [1.82, 2.24) is 20.4 Å². The predicted molar refractivity (Wildman–Crippen MR) is 130 cm³/mol. The highest BCUT2D eigenvalue weighted by molar-refractivity contribution is 5.97. The van der Waals surface area contributed by atoms with Gasteiger partial charge in [0, 0.05) is 37.1 Å². The second-order valence-corrected chi connectivity index (χ2v) is 9.05. The molecule has 0 spiro atoms. The highest BCUT2D eigenvalue weighted by Crippen LogP contribution is 2.29. The monoisotopic (exact) mass is 455 g/mol. The number of carbonyl (C=O) groups excluding carboxylic acids is 2. The largest absolute Gasteiger partial charge is 0.396 e. The summed E-state index contributed by atoms with van der Waals surface area (Å²) in [6.45, 7) is 4.61. The lowest BCUT2D eigenvalue weighted by molar-refractivity contribution is -0.119. The van der Waals surface area contributed by atoms with Crippen LogP contribution in [0, 0.1) is 19.8 Å². The third-order valence-electron chi connectivity index (χ3n) is 6.50. The smallest absolute Gasteiger partial charge is 0.317 e. The van der Waals surface area contributed by atoms with Crippen LogP contribution in [0.1, 0.15) is 56.3 Å². The molecular formula is C25H37N5O3. The number of hydrogen-bond donors (Lipinski definition) is 4. The summed E-state index contributed by atoms with van der Waals surface area (Å²) in [5, 5.41) is 22.2. The molecule has 3 amide bonds. The topological polar surface area (TPSA) is 110 Å². The molecule has 1 saturated carbocycles. The minimum atomic E-state index is -0.573. The number of anilines is 1. The van der Waals surface area contributed by atoms with E-state index < -0.39 is 6.04 Å². The lowest BCUT2D eigenvalue weighted by Crippen LogP contribution is -2.52. The first-order valence-corrected chi connectivity index (χ1v) is 12.0. The molecule has 0 aliphatic heterocycles. The summed E-state index contributed by atoms with van der Waals surface area (Å²) in [7, 11) is 1.72. The number of aliphatic hydroxyl groups is 1. The maximum Gasteiger partial charge on any atom is 0.317 e. The molecule has 180 valence electrons. The number of aromatic amines is 1. The maximum atomic E-state index is 13.3. The van der Waals surface area contributed by atoms with Crippen LogP contribution in [0.15, 0.2) is 24.3 Å². The standard InChI is InChI=1S/C25H37N5O3/c1-17-22(18(2)29-28-17)19-11-13-21(14-12-19)26-24(32)23(20-9-5-4-6-10-20)27-25(33)30(3)15-7-8-16-31/h11-14,20,23,31H,4-10,15-16H2,1-3H3,(H,26,32)(H,27,33)(H,28,29). The van der Waals surface area contributed by atoms with Gasteiger partial charge in [-0.15, -0.1) is 0 Å². The Hall–Kier alpha value is -2.87. The van der Waals surface area contributed by atoms with Gasteiger partial charge in [0.15, 0.2) is 0 Å². The summed E-state index contributed by atoms with van der Waals surface area (Å²) < 4.78 is 0. The summed E-state index contributed by atoms with van der Waals surface area (Å²) in [6.07, 6.45) is 6.58. The fraction of sp³-hybridized carbons (Fsp3) is 0.560. The Morgan fingerprint density at radius 3 is 2.45 bits per heavy atom. The van der Waals surface area contributed by atoms with Crippen molar-refractivity contribution >= 4 is 17.6 Å². The molecule has 1 aromatic carbocycles. The van der Waals surface area contributed by atoms with Crippen LogP contribution in [-0.2, 0) is 4.79 Å². The van der Waals surface area contributed by atoms with Crippen LogP contribution in [-0.4, -0.2) is 58.4 Å². The maximum absolute atomic E-state index is 13.3. The van der Waals surface area contributed by atoms with Gasteiger partial charge in [0.25, 0.3) is 0 Å². The Morgan fingerprint density at radius 2 is 1.85 bits per heavy atom. The Balaban J connectivity index is 1.68. The minimum absolute atomic E-state index is 0.112. The van der Waals surface area contributed by atoms with E-state index in [9.17, 15) is 9.59 Å². The molecule has 0 radical (unpaired) electrons. The van der Waals surface area contributed by atoms with Gasteiger partial charge in [-0.2, -0.15) is 5.10 Å². The molecule has 8 nitrogen and oxygen atoms in total. The predicted octanol–water partition coefficient (Wildman–Crippen LogP) is 3.99. The molecule has 1 atom stereocenters. The number of aryl methyl sites for hydroxylation is 2. The number of unbranched alkanes of at least 4 members (excludes halogenated alkanes) is 1. The third kappa shape index (κ3) is 6.57. The molecule has 1 fully saturated rings. The van der Waals surface area contributed by atoms with E-state index in [1.54, 1.807) is 11.9 Å². The van der Waals surface area contributed by atoms with E-state index in [4.69, 9.17) is 5.11 Å². The van der Waals surface area contributed by atoms with E-state index in [1.165, 1.54) is 6.42 Å². The first-order valence-electron chi connectivity index (χ1n) is 12.0. The molecule has 33 heavy (non-hydrogen) atoms. The minimum Gasteiger partial charge on any atom is -0.396 e. The number of amides is 3. The number of nitrogens with one attached hydrogen (secondary N) is 3. The molecule has 1 aliphatic rings. The highest BCUT2D eigenvalue weighted by Gasteiger charge is 2.31. The second kappa shape index (κ2) is 11.8. The van der Waals surface area contributed by atoms with Crippen molar-refractivity contribution in [1.29, 1.82) is 0 Å². The summed E-state index contributed by atoms with van der Waals surface area (Å²) in [5.41, 5.74) is 4.76. The molecule has 0 saturated heterocycles. The fourth-order valence-corrected chi connectivity index (χ4v) is 4.59. The van der Waals surface area contributed by atoms with E-state index in [0.29, 0.717) is 18.7 Å². The Morgan fingerprint density at radius 1 is 1.15 bits per heavy atom. The van der Waals surface area contributed by atoms with Gasteiger partial charge in [0.2, 0.25) is 5.91 Å². The third-order valence-corrected chi connectivity index (χ3v) is 6.50. The van der Waals surface area contributed by atoms with Crippen molar-refractivity contribution in [3.8, 4) is 11.1 Å². The van der Waals surface area contributed by atoms with Crippen molar-refractivity contribution in [2.75, 3.05) is 25.5 Å². The van der Waals surface area contributed by atoms with Crippen molar-refractivity contribution in [2.24, 2.45) is 5.92 Å². The van der Waals surface area contributed by atoms with Crippen molar-refractivity contribution < 1.29 is 14.7 Å². The van der Waals surface area contributed by atoms with Crippen molar-refractivity contribution in [3.05, 3.63) is 35.7 Å². The number of rotatable bonds is 9. The Kier molecular flexibility index (Phi) is 8.88. The molecule has 3 rings (SSSR count). The van der Waals surface area contributed by atoms with E-state index in [2.05, 4.69) is 20.8 Å². The molecule has 8 heteroatoms. The first kappa shape index (κ1) is 24.8. The Bertz CT molecular complexity index is 899.